The summed E-state index contributed by atoms with van der Waals surface area (Å²) >= 11 is 0. The summed E-state index contributed by atoms with van der Waals surface area (Å²) in [5.74, 6) is 1.57. The van der Waals surface area contributed by atoms with Crippen LogP contribution >= 0.6 is 0 Å². The van der Waals surface area contributed by atoms with Crippen LogP contribution < -0.4 is 4.74 Å². The predicted octanol–water partition coefficient (Wildman–Crippen LogP) is 4.82. The first-order valence-corrected chi connectivity index (χ1v) is 13.7. The van der Waals surface area contributed by atoms with Crippen LogP contribution in [0.15, 0.2) is 84.9 Å². The van der Waals surface area contributed by atoms with Crippen molar-refractivity contribution in [2.24, 2.45) is 5.41 Å². The molecule has 6 nitrogen and oxygen atoms in total. The summed E-state index contributed by atoms with van der Waals surface area (Å²) < 4.78 is 33.7. The minimum absolute atomic E-state index is 0.0285. The second-order valence-electron chi connectivity index (χ2n) is 9.50. The molecule has 2 heterocycles. The maximum Gasteiger partial charge on any atom is 0.230 e. The molecule has 0 saturated carbocycles. The van der Waals surface area contributed by atoms with Crippen LogP contribution in [0.1, 0.15) is 30.4 Å². The van der Waals surface area contributed by atoms with E-state index in [2.05, 4.69) is 0 Å². The van der Waals surface area contributed by atoms with Gasteiger partial charge in [-0.2, -0.15) is 0 Å². The van der Waals surface area contributed by atoms with E-state index in [0.29, 0.717) is 32.5 Å². The molecular formula is C28H30N2O4S. The molecule has 2 aliphatic rings. The average Bonchev–Trinajstić information content (AvgIpc) is 3.15. The summed E-state index contributed by atoms with van der Waals surface area (Å²) in [4.78, 5) is 15.4. The molecule has 0 N–H and O–H groups in total. The van der Waals surface area contributed by atoms with Crippen molar-refractivity contribution in [3.63, 3.8) is 0 Å². The molecule has 1 atom stereocenters. The number of benzene rings is 3. The van der Waals surface area contributed by atoms with Gasteiger partial charge in [0.1, 0.15) is 11.5 Å². The quantitative estimate of drug-likeness (QED) is 0.476. The summed E-state index contributed by atoms with van der Waals surface area (Å²) in [6.45, 7) is 1.92. The fourth-order valence-electron chi connectivity index (χ4n) is 5.13. The SMILES string of the molecule is O=C1N(Cc2ccc(Oc3ccccc3)cc2)CCC12CCCN(S(=O)(=O)Cc1ccccc1)C2. The highest BCUT2D eigenvalue weighted by Gasteiger charge is 2.50. The minimum atomic E-state index is -3.48. The molecule has 3 aromatic rings. The van der Waals surface area contributed by atoms with Gasteiger partial charge in [-0.3, -0.25) is 4.79 Å². The first-order chi connectivity index (χ1) is 16.9. The molecule has 3 aromatic carbocycles. The molecule has 7 heteroatoms. The summed E-state index contributed by atoms with van der Waals surface area (Å²) in [6.07, 6.45) is 2.14. The van der Waals surface area contributed by atoms with E-state index in [9.17, 15) is 13.2 Å². The fourth-order valence-corrected chi connectivity index (χ4v) is 6.78. The number of sulfonamides is 1. The van der Waals surface area contributed by atoms with Crippen LogP contribution in [-0.4, -0.2) is 43.2 Å². The van der Waals surface area contributed by atoms with Crippen LogP contribution in [0, 0.1) is 5.41 Å². The molecule has 182 valence electrons. The van der Waals surface area contributed by atoms with Crippen molar-refractivity contribution < 1.29 is 17.9 Å². The van der Waals surface area contributed by atoms with Crippen molar-refractivity contribution >= 4 is 15.9 Å². The Morgan fingerprint density at radius 1 is 0.771 bits per heavy atom. The molecule has 5 rings (SSSR count). The van der Waals surface area contributed by atoms with Crippen molar-refractivity contribution in [1.29, 1.82) is 0 Å². The summed E-state index contributed by atoms with van der Waals surface area (Å²) in [5.41, 5.74) is 1.18. The Morgan fingerprint density at radius 3 is 2.14 bits per heavy atom. The van der Waals surface area contributed by atoms with Gasteiger partial charge in [0, 0.05) is 26.2 Å². The number of piperidine rings is 1. The molecule has 35 heavy (non-hydrogen) atoms. The van der Waals surface area contributed by atoms with E-state index in [-0.39, 0.29) is 18.2 Å². The second-order valence-corrected chi connectivity index (χ2v) is 11.5. The van der Waals surface area contributed by atoms with E-state index in [4.69, 9.17) is 4.74 Å². The zero-order valence-corrected chi connectivity index (χ0v) is 20.5. The molecular weight excluding hydrogens is 460 g/mol. The third kappa shape index (κ3) is 5.26. The van der Waals surface area contributed by atoms with E-state index >= 15 is 0 Å². The van der Waals surface area contributed by atoms with E-state index in [1.54, 1.807) is 4.31 Å². The number of ether oxygens (including phenoxy) is 1. The third-order valence-electron chi connectivity index (χ3n) is 7.00. The number of amides is 1. The third-order valence-corrected chi connectivity index (χ3v) is 8.80. The zero-order valence-electron chi connectivity index (χ0n) is 19.7. The van der Waals surface area contributed by atoms with Gasteiger partial charge >= 0.3 is 0 Å². The van der Waals surface area contributed by atoms with Gasteiger partial charge in [-0.1, -0.05) is 60.7 Å². The normalized spacial score (nSPS) is 20.9. The lowest BCUT2D eigenvalue weighted by molar-refractivity contribution is -0.138. The Morgan fingerprint density at radius 2 is 1.43 bits per heavy atom. The minimum Gasteiger partial charge on any atom is -0.457 e. The Kier molecular flexibility index (Phi) is 6.62. The number of likely N-dealkylation sites (tertiary alicyclic amines) is 1. The van der Waals surface area contributed by atoms with Gasteiger partial charge in [-0.15, -0.1) is 0 Å². The number of rotatable bonds is 7. The van der Waals surface area contributed by atoms with E-state index in [0.717, 1.165) is 29.0 Å². The standard InChI is InChI=1S/C28H30N2O4S/c31-27-28(16-7-18-30(22-28)35(32,33)21-24-8-3-1-4-9-24)17-19-29(27)20-23-12-14-26(15-13-23)34-25-10-5-2-6-11-25/h1-6,8-15H,7,16-22H2. The largest absolute Gasteiger partial charge is 0.457 e. The molecule has 2 aliphatic heterocycles. The van der Waals surface area contributed by atoms with Crippen LogP contribution in [0.2, 0.25) is 0 Å². The van der Waals surface area contributed by atoms with E-state index in [1.165, 1.54) is 0 Å². The Labute approximate surface area is 207 Å². The highest BCUT2D eigenvalue weighted by atomic mass is 32.2. The van der Waals surface area contributed by atoms with Gasteiger partial charge in [0.2, 0.25) is 15.9 Å². The molecule has 0 aliphatic carbocycles. The van der Waals surface area contributed by atoms with Crippen LogP contribution in [0.25, 0.3) is 0 Å². The smallest absolute Gasteiger partial charge is 0.230 e. The monoisotopic (exact) mass is 490 g/mol. The summed E-state index contributed by atoms with van der Waals surface area (Å²) in [6, 6.07) is 26.6. The number of hydrogen-bond acceptors (Lipinski definition) is 4. The van der Waals surface area contributed by atoms with Crippen molar-refractivity contribution in [3.05, 3.63) is 96.1 Å². The van der Waals surface area contributed by atoms with E-state index < -0.39 is 15.4 Å². The lowest BCUT2D eigenvalue weighted by Crippen LogP contribution is -2.49. The zero-order chi connectivity index (χ0) is 24.3. The molecule has 0 radical (unpaired) electrons. The number of hydrogen-bond donors (Lipinski definition) is 0. The summed E-state index contributed by atoms with van der Waals surface area (Å²) in [5, 5.41) is 0. The number of nitrogens with zero attached hydrogens (tertiary/aromatic N) is 2. The second kappa shape index (κ2) is 9.84. The van der Waals surface area contributed by atoms with Crippen molar-refractivity contribution in [2.75, 3.05) is 19.6 Å². The highest BCUT2D eigenvalue weighted by molar-refractivity contribution is 7.88. The lowest BCUT2D eigenvalue weighted by atomic mass is 9.79. The van der Waals surface area contributed by atoms with Crippen LogP contribution in [0.5, 0.6) is 11.5 Å². The maximum absolute atomic E-state index is 13.5. The maximum atomic E-state index is 13.5. The molecule has 1 amide bonds. The number of carbonyl (C=O) groups is 1. The van der Waals surface area contributed by atoms with Crippen LogP contribution in [0.3, 0.4) is 0 Å². The van der Waals surface area contributed by atoms with Gasteiger partial charge < -0.3 is 9.64 Å². The molecule has 1 unspecified atom stereocenters. The van der Waals surface area contributed by atoms with Crippen LogP contribution in [0.4, 0.5) is 0 Å². The Hall–Kier alpha value is -3.16. The van der Waals surface area contributed by atoms with Gasteiger partial charge in [-0.05, 0) is 54.7 Å². The topological polar surface area (TPSA) is 66.9 Å². The van der Waals surface area contributed by atoms with Gasteiger partial charge in [0.05, 0.1) is 11.2 Å². The van der Waals surface area contributed by atoms with Crippen LogP contribution in [-0.2, 0) is 27.1 Å². The Bertz CT molecular complexity index is 1260. The molecule has 0 aromatic heterocycles. The van der Waals surface area contributed by atoms with Crippen molar-refractivity contribution in [2.45, 2.75) is 31.6 Å². The Balaban J connectivity index is 1.23. The first-order valence-electron chi connectivity index (χ1n) is 12.1. The van der Waals surface area contributed by atoms with Crippen molar-refractivity contribution in [1.82, 2.24) is 9.21 Å². The molecule has 2 fully saturated rings. The molecule has 1 spiro atoms. The van der Waals surface area contributed by atoms with Gasteiger partial charge in [0.25, 0.3) is 0 Å². The molecule has 2 saturated heterocycles. The number of para-hydroxylation sites is 1. The first kappa shape index (κ1) is 23.6. The predicted molar refractivity (Wildman–Crippen MR) is 135 cm³/mol. The fraction of sp³-hybridized carbons (Fsp3) is 0.321. The molecule has 0 bridgehead atoms. The van der Waals surface area contributed by atoms with Crippen molar-refractivity contribution in [3.8, 4) is 11.5 Å². The highest BCUT2D eigenvalue weighted by Crippen LogP contribution is 2.41. The van der Waals surface area contributed by atoms with Gasteiger partial charge in [-0.25, -0.2) is 12.7 Å². The van der Waals surface area contributed by atoms with Gasteiger partial charge in [0.15, 0.2) is 0 Å². The van der Waals surface area contributed by atoms with E-state index in [1.807, 2.05) is 89.8 Å². The average molecular weight is 491 g/mol. The number of carbonyl (C=O) groups excluding carboxylic acids is 1. The summed E-state index contributed by atoms with van der Waals surface area (Å²) in [7, 11) is -3.48. The lowest BCUT2D eigenvalue weighted by Gasteiger charge is -2.38.